The number of rotatable bonds is 4. The molecule has 1 aromatic rings. The van der Waals surface area contributed by atoms with Crippen molar-refractivity contribution in [2.45, 2.75) is 51.2 Å². The van der Waals surface area contributed by atoms with E-state index in [1.165, 1.54) is 18.4 Å². The molecule has 20 heavy (non-hydrogen) atoms. The van der Waals surface area contributed by atoms with Crippen molar-refractivity contribution in [2.75, 3.05) is 13.3 Å². The number of hydrogen-bond acceptors (Lipinski definition) is 4. The van der Waals surface area contributed by atoms with Crippen LogP contribution in [0.25, 0.3) is 0 Å². The molecule has 1 aliphatic carbocycles. The summed E-state index contributed by atoms with van der Waals surface area (Å²) < 4.78 is 10.8. The molecular formula is C16H24N2O2. The Kier molecular flexibility index (Phi) is 4.13. The zero-order valence-electron chi connectivity index (χ0n) is 12.2. The minimum atomic E-state index is 0.344. The Morgan fingerprint density at radius 1 is 1.15 bits per heavy atom. The minimum absolute atomic E-state index is 0.344. The van der Waals surface area contributed by atoms with Crippen LogP contribution < -0.4 is 15.2 Å². The topological polar surface area (TPSA) is 47.7 Å². The van der Waals surface area contributed by atoms with Crippen LogP contribution in [0.3, 0.4) is 0 Å². The summed E-state index contributed by atoms with van der Waals surface area (Å²) in [4.78, 5) is 2.56. The molecule has 2 N–H and O–H groups in total. The fourth-order valence-electron chi connectivity index (χ4n) is 3.24. The van der Waals surface area contributed by atoms with Gasteiger partial charge in [-0.2, -0.15) is 0 Å². The molecule has 0 saturated heterocycles. The second kappa shape index (κ2) is 6.02. The second-order valence-electron chi connectivity index (χ2n) is 5.82. The van der Waals surface area contributed by atoms with Crippen LogP contribution in [0.2, 0.25) is 0 Å². The third kappa shape index (κ3) is 2.91. The predicted molar refractivity (Wildman–Crippen MR) is 78.9 cm³/mol. The van der Waals surface area contributed by atoms with Gasteiger partial charge in [-0.1, -0.05) is 13.0 Å². The van der Waals surface area contributed by atoms with Crippen molar-refractivity contribution < 1.29 is 9.47 Å². The highest BCUT2D eigenvalue weighted by molar-refractivity contribution is 5.44. The Balaban J connectivity index is 1.65. The van der Waals surface area contributed by atoms with Gasteiger partial charge in [-0.15, -0.1) is 0 Å². The summed E-state index contributed by atoms with van der Waals surface area (Å²) in [6, 6.07) is 7.35. The van der Waals surface area contributed by atoms with E-state index in [0.29, 0.717) is 18.9 Å². The smallest absolute Gasteiger partial charge is 0.231 e. The Morgan fingerprint density at radius 2 is 1.90 bits per heavy atom. The van der Waals surface area contributed by atoms with E-state index in [-0.39, 0.29) is 0 Å². The largest absolute Gasteiger partial charge is 0.454 e. The van der Waals surface area contributed by atoms with E-state index in [1.54, 1.807) is 0 Å². The highest BCUT2D eigenvalue weighted by atomic mass is 16.7. The number of nitrogens with two attached hydrogens (primary N) is 1. The van der Waals surface area contributed by atoms with Crippen LogP contribution in [0.5, 0.6) is 11.5 Å². The van der Waals surface area contributed by atoms with Gasteiger partial charge in [-0.25, -0.2) is 0 Å². The van der Waals surface area contributed by atoms with Crippen LogP contribution in [-0.4, -0.2) is 30.3 Å². The van der Waals surface area contributed by atoms with Crippen molar-refractivity contribution in [2.24, 2.45) is 5.73 Å². The summed E-state index contributed by atoms with van der Waals surface area (Å²) >= 11 is 0. The van der Waals surface area contributed by atoms with Gasteiger partial charge in [0.15, 0.2) is 11.5 Å². The number of nitrogens with zero attached hydrogens (tertiary/aromatic N) is 1. The minimum Gasteiger partial charge on any atom is -0.454 e. The molecule has 3 rings (SSSR count). The van der Waals surface area contributed by atoms with Crippen LogP contribution in [0.1, 0.15) is 38.2 Å². The Hall–Kier alpha value is -1.26. The lowest BCUT2D eigenvalue weighted by atomic mass is 9.90. The summed E-state index contributed by atoms with van der Waals surface area (Å²) in [6.45, 7) is 4.64. The van der Waals surface area contributed by atoms with Gasteiger partial charge in [0.25, 0.3) is 0 Å². The van der Waals surface area contributed by atoms with Crippen LogP contribution in [0.4, 0.5) is 0 Å². The quantitative estimate of drug-likeness (QED) is 0.918. The molecular weight excluding hydrogens is 252 g/mol. The first-order valence-electron chi connectivity index (χ1n) is 7.64. The number of hydrogen-bond donors (Lipinski definition) is 1. The van der Waals surface area contributed by atoms with Crippen molar-refractivity contribution >= 4 is 0 Å². The van der Waals surface area contributed by atoms with Gasteiger partial charge < -0.3 is 15.2 Å². The standard InChI is InChI=1S/C16H24N2O2/c1-2-18(14-6-4-13(17)5-7-14)10-12-3-8-15-16(9-12)20-11-19-15/h3,8-9,13-14H,2,4-7,10-11,17H2,1H3. The van der Waals surface area contributed by atoms with E-state index in [1.807, 2.05) is 6.07 Å². The lowest BCUT2D eigenvalue weighted by Gasteiger charge is -2.35. The van der Waals surface area contributed by atoms with Gasteiger partial charge >= 0.3 is 0 Å². The summed E-state index contributed by atoms with van der Waals surface area (Å²) in [5.74, 6) is 1.74. The van der Waals surface area contributed by atoms with Crippen molar-refractivity contribution in [3.8, 4) is 11.5 Å². The van der Waals surface area contributed by atoms with E-state index in [0.717, 1.165) is 37.4 Å². The fraction of sp³-hybridized carbons (Fsp3) is 0.625. The predicted octanol–water partition coefficient (Wildman–Crippen LogP) is 2.51. The first-order chi connectivity index (χ1) is 9.76. The zero-order valence-corrected chi connectivity index (χ0v) is 12.2. The lowest BCUT2D eigenvalue weighted by Crippen LogP contribution is -2.40. The van der Waals surface area contributed by atoms with Crippen LogP contribution in [-0.2, 0) is 6.54 Å². The summed E-state index contributed by atoms with van der Waals surface area (Å²) in [6.07, 6.45) is 4.75. The third-order valence-corrected chi connectivity index (χ3v) is 4.49. The maximum atomic E-state index is 6.00. The summed E-state index contributed by atoms with van der Waals surface area (Å²) in [5.41, 5.74) is 7.30. The molecule has 1 heterocycles. The molecule has 0 aromatic heterocycles. The third-order valence-electron chi connectivity index (χ3n) is 4.49. The van der Waals surface area contributed by atoms with Gasteiger partial charge in [-0.05, 0) is 49.9 Å². The maximum absolute atomic E-state index is 6.00. The molecule has 2 aliphatic rings. The summed E-state index contributed by atoms with van der Waals surface area (Å²) in [5, 5.41) is 0. The van der Waals surface area contributed by atoms with Gasteiger partial charge in [0, 0.05) is 18.6 Å². The zero-order chi connectivity index (χ0) is 13.9. The summed E-state index contributed by atoms with van der Waals surface area (Å²) in [7, 11) is 0. The molecule has 0 unspecified atom stereocenters. The van der Waals surface area contributed by atoms with Gasteiger partial charge in [0.1, 0.15) is 0 Å². The molecule has 1 saturated carbocycles. The highest BCUT2D eigenvalue weighted by Crippen LogP contribution is 2.33. The monoisotopic (exact) mass is 276 g/mol. The van der Waals surface area contributed by atoms with Crippen molar-refractivity contribution in [1.29, 1.82) is 0 Å². The molecule has 1 aromatic carbocycles. The molecule has 4 nitrogen and oxygen atoms in total. The SMILES string of the molecule is CCN(Cc1ccc2c(c1)OCO2)C1CCC(N)CC1. The number of fused-ring (bicyclic) bond motifs is 1. The fourth-order valence-corrected chi connectivity index (χ4v) is 3.24. The Bertz CT molecular complexity index is 456. The molecule has 110 valence electrons. The average Bonchev–Trinajstić information content (AvgIpc) is 2.93. The molecule has 0 atom stereocenters. The van der Waals surface area contributed by atoms with Crippen molar-refractivity contribution in [1.82, 2.24) is 4.90 Å². The van der Waals surface area contributed by atoms with E-state index in [9.17, 15) is 0 Å². The van der Waals surface area contributed by atoms with E-state index < -0.39 is 0 Å². The number of benzene rings is 1. The molecule has 0 radical (unpaired) electrons. The van der Waals surface area contributed by atoms with Gasteiger partial charge in [0.05, 0.1) is 0 Å². The molecule has 4 heteroatoms. The highest BCUT2D eigenvalue weighted by Gasteiger charge is 2.24. The van der Waals surface area contributed by atoms with E-state index >= 15 is 0 Å². The van der Waals surface area contributed by atoms with Gasteiger partial charge in [0.2, 0.25) is 6.79 Å². The molecule has 0 bridgehead atoms. The van der Waals surface area contributed by atoms with E-state index in [2.05, 4.69) is 24.0 Å². The maximum Gasteiger partial charge on any atom is 0.231 e. The lowest BCUT2D eigenvalue weighted by molar-refractivity contribution is 0.149. The van der Waals surface area contributed by atoms with Gasteiger partial charge in [-0.3, -0.25) is 4.90 Å². The first kappa shape index (κ1) is 13.7. The molecule has 1 fully saturated rings. The Morgan fingerprint density at radius 3 is 2.65 bits per heavy atom. The van der Waals surface area contributed by atoms with Crippen LogP contribution in [0.15, 0.2) is 18.2 Å². The second-order valence-corrected chi connectivity index (χ2v) is 5.82. The van der Waals surface area contributed by atoms with E-state index in [4.69, 9.17) is 15.2 Å². The van der Waals surface area contributed by atoms with Crippen molar-refractivity contribution in [3.63, 3.8) is 0 Å². The van der Waals surface area contributed by atoms with Crippen LogP contribution in [0, 0.1) is 0 Å². The Labute approximate surface area is 120 Å². The first-order valence-corrected chi connectivity index (χ1v) is 7.64. The molecule has 0 spiro atoms. The van der Waals surface area contributed by atoms with Crippen molar-refractivity contribution in [3.05, 3.63) is 23.8 Å². The normalized spacial score (nSPS) is 25.1. The molecule has 0 amide bonds. The average molecular weight is 276 g/mol. The van der Waals surface area contributed by atoms with Crippen LogP contribution >= 0.6 is 0 Å². The number of ether oxygens (including phenoxy) is 2. The molecule has 1 aliphatic heterocycles.